The first-order valence-corrected chi connectivity index (χ1v) is 6.64. The van der Waals surface area contributed by atoms with E-state index in [4.69, 9.17) is 9.84 Å². The van der Waals surface area contributed by atoms with Gasteiger partial charge in [-0.1, -0.05) is 19.8 Å². The summed E-state index contributed by atoms with van der Waals surface area (Å²) in [5, 5.41) is 9.35. The molecule has 0 saturated carbocycles. The van der Waals surface area contributed by atoms with E-state index in [1.807, 2.05) is 0 Å². The topological polar surface area (TPSA) is 46.5 Å². The summed E-state index contributed by atoms with van der Waals surface area (Å²) in [6, 6.07) is 0. The molecule has 0 bridgehead atoms. The van der Waals surface area contributed by atoms with E-state index in [0.29, 0.717) is 5.25 Å². The zero-order chi connectivity index (χ0) is 11.1. The first-order valence-electron chi connectivity index (χ1n) is 5.70. The lowest BCUT2D eigenvalue weighted by atomic mass is 10.2. The Morgan fingerprint density at radius 2 is 2.20 bits per heavy atom. The normalized spacial score (nSPS) is 20.1. The Morgan fingerprint density at radius 3 is 2.73 bits per heavy atom. The molecule has 4 heteroatoms. The summed E-state index contributed by atoms with van der Waals surface area (Å²) < 4.78 is 5.26. The van der Waals surface area contributed by atoms with Gasteiger partial charge in [0.15, 0.2) is 0 Å². The van der Waals surface area contributed by atoms with Gasteiger partial charge in [0.2, 0.25) is 0 Å². The maximum absolute atomic E-state index is 11.0. The van der Waals surface area contributed by atoms with E-state index < -0.39 is 5.97 Å². The SMILES string of the molecule is CCCCC(SC1CCOCC1)C(=O)O. The first kappa shape index (κ1) is 12.8. The fraction of sp³-hybridized carbons (Fsp3) is 0.909. The summed E-state index contributed by atoms with van der Waals surface area (Å²) in [4.78, 5) is 11.0. The molecule has 88 valence electrons. The van der Waals surface area contributed by atoms with Gasteiger partial charge in [-0.25, -0.2) is 0 Å². The lowest BCUT2D eigenvalue weighted by Crippen LogP contribution is -2.24. The number of thioether (sulfide) groups is 1. The Balaban J connectivity index is 2.31. The Kier molecular flexibility index (Phi) is 6.10. The van der Waals surface area contributed by atoms with Crippen LogP contribution in [-0.2, 0) is 9.53 Å². The monoisotopic (exact) mass is 232 g/mol. The lowest BCUT2D eigenvalue weighted by molar-refractivity contribution is -0.136. The zero-order valence-corrected chi connectivity index (χ0v) is 10.1. The molecule has 1 unspecified atom stereocenters. The average molecular weight is 232 g/mol. The molecule has 1 saturated heterocycles. The van der Waals surface area contributed by atoms with Gasteiger partial charge in [0.25, 0.3) is 0 Å². The minimum absolute atomic E-state index is 0.215. The van der Waals surface area contributed by atoms with Crippen LogP contribution in [0.25, 0.3) is 0 Å². The van der Waals surface area contributed by atoms with Crippen molar-refractivity contribution < 1.29 is 14.6 Å². The summed E-state index contributed by atoms with van der Waals surface area (Å²) in [7, 11) is 0. The van der Waals surface area contributed by atoms with Crippen LogP contribution in [0.1, 0.15) is 39.0 Å². The number of hydrogen-bond acceptors (Lipinski definition) is 3. The Labute approximate surface area is 95.6 Å². The molecule has 1 fully saturated rings. The second-order valence-electron chi connectivity index (χ2n) is 3.92. The molecule has 15 heavy (non-hydrogen) atoms. The molecular weight excluding hydrogens is 212 g/mol. The molecule has 1 aliphatic heterocycles. The minimum Gasteiger partial charge on any atom is -0.480 e. The van der Waals surface area contributed by atoms with Crippen LogP contribution < -0.4 is 0 Å². The summed E-state index contributed by atoms with van der Waals surface area (Å²) in [6.07, 6.45) is 4.88. The molecule has 1 N–H and O–H groups in total. The number of carbonyl (C=O) groups is 1. The standard InChI is InChI=1S/C11H20O3S/c1-2-3-4-10(11(12)13)15-9-5-7-14-8-6-9/h9-10H,2-8H2,1H3,(H,12,13). The molecule has 3 nitrogen and oxygen atoms in total. The van der Waals surface area contributed by atoms with E-state index in [2.05, 4.69) is 6.92 Å². The number of carboxylic acid groups (broad SMARTS) is 1. The number of aliphatic carboxylic acids is 1. The predicted molar refractivity (Wildman–Crippen MR) is 62.4 cm³/mol. The third-order valence-corrected chi connectivity index (χ3v) is 4.24. The van der Waals surface area contributed by atoms with Crippen molar-refractivity contribution in [2.24, 2.45) is 0 Å². The third kappa shape index (κ3) is 4.89. The van der Waals surface area contributed by atoms with Crippen LogP contribution in [0.5, 0.6) is 0 Å². The van der Waals surface area contributed by atoms with Crippen LogP contribution in [0, 0.1) is 0 Å². The average Bonchev–Trinajstić information content (AvgIpc) is 2.25. The molecule has 0 amide bonds. The van der Waals surface area contributed by atoms with Crippen molar-refractivity contribution in [1.82, 2.24) is 0 Å². The number of hydrogen-bond donors (Lipinski definition) is 1. The molecular formula is C11H20O3S. The molecule has 0 aromatic rings. The van der Waals surface area contributed by atoms with Gasteiger partial charge in [-0.2, -0.15) is 0 Å². The van der Waals surface area contributed by atoms with Crippen molar-refractivity contribution in [2.45, 2.75) is 49.5 Å². The van der Waals surface area contributed by atoms with Crippen molar-refractivity contribution >= 4 is 17.7 Å². The maximum atomic E-state index is 11.0. The van der Waals surface area contributed by atoms with Crippen LogP contribution in [0.15, 0.2) is 0 Å². The fourth-order valence-electron chi connectivity index (χ4n) is 1.68. The Morgan fingerprint density at radius 1 is 1.53 bits per heavy atom. The Bertz CT molecular complexity index is 190. The van der Waals surface area contributed by atoms with E-state index in [1.54, 1.807) is 11.8 Å². The number of carboxylic acids is 1. The van der Waals surface area contributed by atoms with Crippen LogP contribution in [0.3, 0.4) is 0 Å². The molecule has 1 rings (SSSR count). The van der Waals surface area contributed by atoms with E-state index in [1.165, 1.54) is 0 Å². The van der Waals surface area contributed by atoms with Crippen LogP contribution in [0.4, 0.5) is 0 Å². The molecule has 0 aromatic heterocycles. The molecule has 0 spiro atoms. The highest BCUT2D eigenvalue weighted by Gasteiger charge is 2.24. The van der Waals surface area contributed by atoms with E-state index in [0.717, 1.165) is 45.3 Å². The van der Waals surface area contributed by atoms with Gasteiger partial charge in [0, 0.05) is 18.5 Å². The van der Waals surface area contributed by atoms with Crippen LogP contribution in [-0.4, -0.2) is 34.8 Å². The molecule has 0 aromatic carbocycles. The van der Waals surface area contributed by atoms with Gasteiger partial charge in [0.05, 0.1) is 0 Å². The summed E-state index contributed by atoms with van der Waals surface area (Å²) in [5.41, 5.74) is 0. The smallest absolute Gasteiger partial charge is 0.316 e. The van der Waals surface area contributed by atoms with E-state index in [9.17, 15) is 4.79 Å². The van der Waals surface area contributed by atoms with Crippen molar-refractivity contribution in [1.29, 1.82) is 0 Å². The van der Waals surface area contributed by atoms with Crippen LogP contribution in [0.2, 0.25) is 0 Å². The maximum Gasteiger partial charge on any atom is 0.316 e. The van der Waals surface area contributed by atoms with E-state index >= 15 is 0 Å². The number of rotatable bonds is 6. The number of unbranched alkanes of at least 4 members (excludes halogenated alkanes) is 1. The quantitative estimate of drug-likeness (QED) is 0.764. The highest BCUT2D eigenvalue weighted by atomic mass is 32.2. The van der Waals surface area contributed by atoms with Crippen molar-refractivity contribution in [2.75, 3.05) is 13.2 Å². The highest BCUT2D eigenvalue weighted by molar-refractivity contribution is 8.01. The van der Waals surface area contributed by atoms with E-state index in [-0.39, 0.29) is 5.25 Å². The lowest BCUT2D eigenvalue weighted by Gasteiger charge is -2.24. The zero-order valence-electron chi connectivity index (χ0n) is 9.28. The number of ether oxygens (including phenoxy) is 1. The third-order valence-electron chi connectivity index (χ3n) is 2.62. The molecule has 0 aliphatic carbocycles. The summed E-state index contributed by atoms with van der Waals surface area (Å²) >= 11 is 1.63. The second-order valence-corrected chi connectivity index (χ2v) is 5.42. The minimum atomic E-state index is -0.653. The Hall–Kier alpha value is -0.220. The van der Waals surface area contributed by atoms with Crippen molar-refractivity contribution in [3.8, 4) is 0 Å². The summed E-state index contributed by atoms with van der Waals surface area (Å²) in [6.45, 7) is 3.67. The molecule has 1 atom stereocenters. The van der Waals surface area contributed by atoms with Gasteiger partial charge < -0.3 is 9.84 Å². The highest BCUT2D eigenvalue weighted by Crippen LogP contribution is 2.29. The fourth-order valence-corrected chi connectivity index (χ4v) is 3.03. The van der Waals surface area contributed by atoms with Gasteiger partial charge in [0.1, 0.15) is 5.25 Å². The van der Waals surface area contributed by atoms with Gasteiger partial charge in [-0.15, -0.1) is 11.8 Å². The van der Waals surface area contributed by atoms with Gasteiger partial charge in [-0.3, -0.25) is 4.79 Å². The summed E-state index contributed by atoms with van der Waals surface area (Å²) in [5.74, 6) is -0.653. The predicted octanol–water partition coefficient (Wildman–Crippen LogP) is 2.54. The largest absolute Gasteiger partial charge is 0.480 e. The van der Waals surface area contributed by atoms with Crippen molar-refractivity contribution in [3.05, 3.63) is 0 Å². The van der Waals surface area contributed by atoms with Crippen LogP contribution >= 0.6 is 11.8 Å². The second kappa shape index (κ2) is 7.12. The van der Waals surface area contributed by atoms with Gasteiger partial charge >= 0.3 is 5.97 Å². The molecule has 1 aliphatic rings. The van der Waals surface area contributed by atoms with Crippen molar-refractivity contribution in [3.63, 3.8) is 0 Å². The molecule has 0 radical (unpaired) electrons. The molecule has 1 heterocycles. The van der Waals surface area contributed by atoms with Gasteiger partial charge in [-0.05, 0) is 19.3 Å². The first-order chi connectivity index (χ1) is 7.24.